The summed E-state index contributed by atoms with van der Waals surface area (Å²) >= 11 is 0. The Kier molecular flexibility index (Phi) is 4.65. The van der Waals surface area contributed by atoms with Crippen LogP contribution in [-0.2, 0) is 4.79 Å². The van der Waals surface area contributed by atoms with Crippen molar-refractivity contribution in [3.05, 3.63) is 60.4 Å². The SMILES string of the molecule is O=C(CNc1ccccc1)N1CCNCC1c1cccnc1. The molecule has 1 saturated heterocycles. The van der Waals surface area contributed by atoms with E-state index in [1.807, 2.05) is 53.6 Å². The van der Waals surface area contributed by atoms with Gasteiger partial charge >= 0.3 is 0 Å². The van der Waals surface area contributed by atoms with Crippen molar-refractivity contribution >= 4 is 11.6 Å². The fourth-order valence-electron chi connectivity index (χ4n) is 2.71. The highest BCUT2D eigenvalue weighted by Gasteiger charge is 2.27. The van der Waals surface area contributed by atoms with Crippen LogP contribution in [-0.4, -0.2) is 42.0 Å². The number of carbonyl (C=O) groups is 1. The molecule has 0 radical (unpaired) electrons. The lowest BCUT2D eigenvalue weighted by Gasteiger charge is -2.36. The number of nitrogens with zero attached hydrogens (tertiary/aromatic N) is 2. The summed E-state index contributed by atoms with van der Waals surface area (Å²) in [6.07, 6.45) is 3.59. The Morgan fingerprint density at radius 1 is 1.27 bits per heavy atom. The number of para-hydroxylation sites is 1. The van der Waals surface area contributed by atoms with Crippen molar-refractivity contribution < 1.29 is 4.79 Å². The minimum Gasteiger partial charge on any atom is -0.376 e. The summed E-state index contributed by atoms with van der Waals surface area (Å²) in [7, 11) is 0. The van der Waals surface area contributed by atoms with E-state index in [4.69, 9.17) is 0 Å². The minimum atomic E-state index is 0.0486. The van der Waals surface area contributed by atoms with E-state index < -0.39 is 0 Å². The van der Waals surface area contributed by atoms with Crippen LogP contribution in [0.25, 0.3) is 0 Å². The number of amides is 1. The van der Waals surface area contributed by atoms with Crippen LogP contribution in [0.4, 0.5) is 5.69 Å². The molecule has 2 heterocycles. The van der Waals surface area contributed by atoms with Gasteiger partial charge in [0, 0.05) is 37.7 Å². The van der Waals surface area contributed by atoms with Gasteiger partial charge in [-0.3, -0.25) is 9.78 Å². The van der Waals surface area contributed by atoms with Gasteiger partial charge < -0.3 is 15.5 Å². The largest absolute Gasteiger partial charge is 0.376 e. The smallest absolute Gasteiger partial charge is 0.242 e. The van der Waals surface area contributed by atoms with Crippen LogP contribution >= 0.6 is 0 Å². The Bertz CT molecular complexity index is 603. The Morgan fingerprint density at radius 3 is 2.91 bits per heavy atom. The van der Waals surface area contributed by atoms with E-state index in [0.29, 0.717) is 6.54 Å². The van der Waals surface area contributed by atoms with Crippen molar-refractivity contribution in [2.24, 2.45) is 0 Å². The monoisotopic (exact) mass is 296 g/mol. The first-order valence-electron chi connectivity index (χ1n) is 7.53. The number of hydrogen-bond donors (Lipinski definition) is 2. The Balaban J connectivity index is 1.66. The summed E-state index contributed by atoms with van der Waals surface area (Å²) in [6, 6.07) is 13.8. The molecule has 3 rings (SSSR count). The van der Waals surface area contributed by atoms with Crippen molar-refractivity contribution in [1.29, 1.82) is 0 Å². The standard InChI is InChI=1S/C17H20N4O/c22-17(13-20-15-6-2-1-3-7-15)21-10-9-19-12-16(21)14-5-4-8-18-11-14/h1-8,11,16,19-20H,9-10,12-13H2. The van der Waals surface area contributed by atoms with Crippen LogP contribution in [0.5, 0.6) is 0 Å². The van der Waals surface area contributed by atoms with Crippen molar-refractivity contribution in [3.8, 4) is 0 Å². The average molecular weight is 296 g/mol. The van der Waals surface area contributed by atoms with E-state index in [1.165, 1.54) is 0 Å². The maximum atomic E-state index is 12.6. The van der Waals surface area contributed by atoms with Crippen LogP contribution in [0.2, 0.25) is 0 Å². The number of aromatic nitrogens is 1. The van der Waals surface area contributed by atoms with Gasteiger partial charge in [-0.25, -0.2) is 0 Å². The van der Waals surface area contributed by atoms with Gasteiger partial charge in [0.1, 0.15) is 0 Å². The van der Waals surface area contributed by atoms with E-state index in [9.17, 15) is 4.79 Å². The lowest BCUT2D eigenvalue weighted by atomic mass is 10.1. The van der Waals surface area contributed by atoms with Gasteiger partial charge in [0.05, 0.1) is 12.6 Å². The molecule has 0 spiro atoms. The highest BCUT2D eigenvalue weighted by atomic mass is 16.2. The molecule has 22 heavy (non-hydrogen) atoms. The molecule has 114 valence electrons. The van der Waals surface area contributed by atoms with Gasteiger partial charge in [-0.2, -0.15) is 0 Å². The fraction of sp³-hybridized carbons (Fsp3) is 0.294. The van der Waals surface area contributed by atoms with Crippen LogP contribution < -0.4 is 10.6 Å². The van der Waals surface area contributed by atoms with Gasteiger partial charge in [-0.05, 0) is 23.8 Å². The molecule has 1 aromatic carbocycles. The predicted octanol–water partition coefficient (Wildman–Crippen LogP) is 1.67. The van der Waals surface area contributed by atoms with Crippen LogP contribution in [0.1, 0.15) is 11.6 Å². The van der Waals surface area contributed by atoms with Crippen LogP contribution in [0.3, 0.4) is 0 Å². The Hall–Kier alpha value is -2.40. The van der Waals surface area contributed by atoms with E-state index in [0.717, 1.165) is 30.9 Å². The maximum absolute atomic E-state index is 12.6. The zero-order valence-electron chi connectivity index (χ0n) is 12.4. The number of nitrogens with one attached hydrogen (secondary N) is 2. The number of anilines is 1. The number of hydrogen-bond acceptors (Lipinski definition) is 4. The zero-order chi connectivity index (χ0) is 15.2. The van der Waals surface area contributed by atoms with Crippen LogP contribution in [0, 0.1) is 0 Å². The Labute approximate surface area is 130 Å². The predicted molar refractivity (Wildman–Crippen MR) is 86.5 cm³/mol. The Morgan fingerprint density at radius 2 is 2.14 bits per heavy atom. The fourth-order valence-corrected chi connectivity index (χ4v) is 2.71. The van der Waals surface area contributed by atoms with E-state index >= 15 is 0 Å². The lowest BCUT2D eigenvalue weighted by Crippen LogP contribution is -2.50. The van der Waals surface area contributed by atoms with E-state index in [2.05, 4.69) is 15.6 Å². The van der Waals surface area contributed by atoms with E-state index in [-0.39, 0.29) is 11.9 Å². The molecule has 2 aromatic rings. The molecular weight excluding hydrogens is 276 g/mol. The quantitative estimate of drug-likeness (QED) is 0.901. The first kappa shape index (κ1) is 14.5. The molecule has 5 nitrogen and oxygen atoms in total. The summed E-state index contributed by atoms with van der Waals surface area (Å²) in [5.74, 6) is 0.110. The average Bonchev–Trinajstić information content (AvgIpc) is 2.61. The van der Waals surface area contributed by atoms with Crippen molar-refractivity contribution in [2.75, 3.05) is 31.5 Å². The van der Waals surface area contributed by atoms with Crippen molar-refractivity contribution in [2.45, 2.75) is 6.04 Å². The normalized spacial score (nSPS) is 18.0. The molecule has 5 heteroatoms. The lowest BCUT2D eigenvalue weighted by molar-refractivity contribution is -0.132. The first-order valence-corrected chi connectivity index (χ1v) is 7.53. The second-order valence-corrected chi connectivity index (χ2v) is 5.31. The molecule has 1 atom stereocenters. The summed E-state index contributed by atoms with van der Waals surface area (Å²) in [5, 5.41) is 6.54. The molecule has 1 aromatic heterocycles. The molecule has 1 fully saturated rings. The van der Waals surface area contributed by atoms with Crippen molar-refractivity contribution in [3.63, 3.8) is 0 Å². The van der Waals surface area contributed by atoms with Gasteiger partial charge in [0.2, 0.25) is 5.91 Å². The highest BCUT2D eigenvalue weighted by molar-refractivity contribution is 5.81. The molecule has 0 saturated carbocycles. The van der Waals surface area contributed by atoms with Gasteiger partial charge in [0.15, 0.2) is 0 Å². The molecule has 0 aliphatic carbocycles. The molecule has 2 N–H and O–H groups in total. The zero-order valence-corrected chi connectivity index (χ0v) is 12.4. The summed E-state index contributed by atoms with van der Waals surface area (Å²) in [5.41, 5.74) is 2.03. The number of carbonyl (C=O) groups excluding carboxylic acids is 1. The third kappa shape index (κ3) is 3.43. The number of pyridine rings is 1. The van der Waals surface area contributed by atoms with Gasteiger partial charge in [-0.1, -0.05) is 24.3 Å². The molecule has 1 aliphatic heterocycles. The maximum Gasteiger partial charge on any atom is 0.242 e. The summed E-state index contributed by atoms with van der Waals surface area (Å²) in [4.78, 5) is 18.7. The molecule has 1 amide bonds. The third-order valence-electron chi connectivity index (χ3n) is 3.85. The second kappa shape index (κ2) is 7.04. The first-order chi connectivity index (χ1) is 10.8. The number of benzene rings is 1. The van der Waals surface area contributed by atoms with Gasteiger partial charge in [-0.15, -0.1) is 0 Å². The van der Waals surface area contributed by atoms with Crippen molar-refractivity contribution in [1.82, 2.24) is 15.2 Å². The van der Waals surface area contributed by atoms with E-state index in [1.54, 1.807) is 6.20 Å². The summed E-state index contributed by atoms with van der Waals surface area (Å²) < 4.78 is 0. The molecule has 0 bridgehead atoms. The second-order valence-electron chi connectivity index (χ2n) is 5.31. The topological polar surface area (TPSA) is 57.3 Å². The summed E-state index contributed by atoms with van der Waals surface area (Å²) in [6.45, 7) is 2.62. The van der Waals surface area contributed by atoms with Crippen LogP contribution in [0.15, 0.2) is 54.9 Å². The van der Waals surface area contributed by atoms with Gasteiger partial charge in [0.25, 0.3) is 0 Å². The minimum absolute atomic E-state index is 0.0486. The number of rotatable bonds is 4. The highest BCUT2D eigenvalue weighted by Crippen LogP contribution is 2.21. The molecule has 1 aliphatic rings. The third-order valence-corrected chi connectivity index (χ3v) is 3.85. The molecular formula is C17H20N4O. The number of piperazine rings is 1. The molecule has 1 unspecified atom stereocenters.